The van der Waals surface area contributed by atoms with Gasteiger partial charge in [-0.3, -0.25) is 0 Å². The third-order valence-electron chi connectivity index (χ3n) is 2.32. The molecule has 4 N–H and O–H groups in total. The van der Waals surface area contributed by atoms with E-state index in [1.165, 1.54) is 0 Å². The molecule has 0 fully saturated rings. The lowest BCUT2D eigenvalue weighted by Crippen LogP contribution is -2.10. The summed E-state index contributed by atoms with van der Waals surface area (Å²) >= 11 is 3.13. The van der Waals surface area contributed by atoms with E-state index in [0.717, 1.165) is 21.2 Å². The molecule has 3 aromatic heterocycles. The van der Waals surface area contributed by atoms with E-state index in [0.29, 0.717) is 11.6 Å². The molecule has 0 radical (unpaired) electrons. The van der Waals surface area contributed by atoms with Crippen molar-refractivity contribution in [2.45, 2.75) is 10.9 Å². The highest BCUT2D eigenvalue weighted by molar-refractivity contribution is 7.98. The van der Waals surface area contributed by atoms with Crippen molar-refractivity contribution in [1.82, 2.24) is 19.9 Å². The normalized spacial score (nSPS) is 10.9. The Morgan fingerprint density at radius 2 is 2.39 bits per heavy atom. The number of rotatable bonds is 4. The lowest BCUT2D eigenvalue weighted by atomic mass is 10.4. The summed E-state index contributed by atoms with van der Waals surface area (Å²) in [5.41, 5.74) is 2.61. The second kappa shape index (κ2) is 4.92. The number of aromatic amines is 1. The Morgan fingerprint density at radius 3 is 3.17 bits per heavy atom. The van der Waals surface area contributed by atoms with Crippen LogP contribution in [0.1, 0.15) is 5.82 Å². The van der Waals surface area contributed by atoms with Gasteiger partial charge in [-0.2, -0.15) is 0 Å². The molecule has 0 aliphatic carbocycles. The molecule has 0 atom stereocenters. The molecule has 92 valence electrons. The van der Waals surface area contributed by atoms with Gasteiger partial charge in [0.05, 0.1) is 11.1 Å². The molecule has 0 spiro atoms. The number of thioether (sulfide) groups is 1. The minimum Gasteiger partial charge on any atom is -0.340 e. The Kier molecular flexibility index (Phi) is 3.13. The molecule has 0 aliphatic rings. The minimum absolute atomic E-state index is 0.649. The van der Waals surface area contributed by atoms with Crippen LogP contribution in [0.4, 0.5) is 5.82 Å². The van der Waals surface area contributed by atoms with Crippen LogP contribution in [0.2, 0.25) is 0 Å². The zero-order chi connectivity index (χ0) is 12.4. The standard InChI is InChI=1S/C10H10N6S2/c11-16-8-6-1-4-17-9(6)15-7(14-8)5-18-10-12-2-3-13-10/h1-4H,5,11H2,(H,12,13)(H,14,15,16). The monoisotopic (exact) mass is 278 g/mol. The van der Waals surface area contributed by atoms with Gasteiger partial charge in [0.25, 0.3) is 0 Å². The Hall–Kier alpha value is -1.64. The largest absolute Gasteiger partial charge is 0.340 e. The number of imidazole rings is 1. The number of hydrazine groups is 1. The number of hydrogen-bond acceptors (Lipinski definition) is 7. The molecule has 3 heterocycles. The summed E-state index contributed by atoms with van der Waals surface area (Å²) < 4.78 is 0. The SMILES string of the molecule is NNc1nc(CSc2ncc[nH]2)nc2sccc12. The maximum absolute atomic E-state index is 5.47. The van der Waals surface area contributed by atoms with Gasteiger partial charge in [0.2, 0.25) is 0 Å². The maximum atomic E-state index is 5.47. The summed E-state index contributed by atoms with van der Waals surface area (Å²) in [4.78, 5) is 17.0. The van der Waals surface area contributed by atoms with E-state index in [1.54, 1.807) is 35.5 Å². The fourth-order valence-electron chi connectivity index (χ4n) is 1.54. The fourth-order valence-corrected chi connectivity index (χ4v) is 3.00. The first kappa shape index (κ1) is 11.5. The summed E-state index contributed by atoms with van der Waals surface area (Å²) in [6.07, 6.45) is 3.51. The summed E-state index contributed by atoms with van der Waals surface area (Å²) in [7, 11) is 0. The first-order valence-electron chi connectivity index (χ1n) is 5.20. The highest BCUT2D eigenvalue weighted by atomic mass is 32.2. The predicted octanol–water partition coefficient (Wildman–Crippen LogP) is 1.99. The number of nitrogen functional groups attached to an aromatic ring is 1. The van der Waals surface area contributed by atoms with Gasteiger partial charge in [0.1, 0.15) is 10.7 Å². The fraction of sp³-hybridized carbons (Fsp3) is 0.100. The van der Waals surface area contributed by atoms with Crippen LogP contribution in [0, 0.1) is 0 Å². The molecular weight excluding hydrogens is 268 g/mol. The van der Waals surface area contributed by atoms with Gasteiger partial charge in [-0.15, -0.1) is 11.3 Å². The average molecular weight is 278 g/mol. The van der Waals surface area contributed by atoms with Crippen molar-refractivity contribution in [2.75, 3.05) is 5.43 Å². The first-order valence-corrected chi connectivity index (χ1v) is 7.06. The third-order valence-corrected chi connectivity index (χ3v) is 4.03. The van der Waals surface area contributed by atoms with Crippen LogP contribution in [0.5, 0.6) is 0 Å². The lowest BCUT2D eigenvalue weighted by molar-refractivity contribution is 1.03. The molecular formula is C10H10N6S2. The van der Waals surface area contributed by atoms with E-state index in [2.05, 4.69) is 25.4 Å². The van der Waals surface area contributed by atoms with E-state index in [9.17, 15) is 0 Å². The molecule has 3 aromatic rings. The number of aromatic nitrogens is 4. The van der Waals surface area contributed by atoms with Crippen LogP contribution < -0.4 is 11.3 Å². The summed E-state index contributed by atoms with van der Waals surface area (Å²) in [5.74, 6) is 7.52. The number of hydrogen-bond donors (Lipinski definition) is 3. The quantitative estimate of drug-likeness (QED) is 0.384. The van der Waals surface area contributed by atoms with Gasteiger partial charge in [-0.05, 0) is 11.4 Å². The van der Waals surface area contributed by atoms with Crippen LogP contribution in [-0.4, -0.2) is 19.9 Å². The molecule has 0 aliphatic heterocycles. The number of nitrogens with two attached hydrogens (primary N) is 1. The molecule has 0 bridgehead atoms. The Morgan fingerprint density at radius 1 is 1.44 bits per heavy atom. The first-order chi connectivity index (χ1) is 8.86. The van der Waals surface area contributed by atoms with Crippen molar-refractivity contribution in [1.29, 1.82) is 0 Å². The van der Waals surface area contributed by atoms with Crippen LogP contribution in [0.15, 0.2) is 29.0 Å². The minimum atomic E-state index is 0.649. The van der Waals surface area contributed by atoms with Gasteiger partial charge in [-0.25, -0.2) is 20.8 Å². The second-order valence-electron chi connectivity index (χ2n) is 3.46. The molecule has 3 rings (SSSR count). The second-order valence-corrected chi connectivity index (χ2v) is 5.31. The molecule has 18 heavy (non-hydrogen) atoms. The summed E-state index contributed by atoms with van der Waals surface area (Å²) in [6.45, 7) is 0. The van der Waals surface area contributed by atoms with Gasteiger partial charge in [-0.1, -0.05) is 11.8 Å². The maximum Gasteiger partial charge on any atom is 0.165 e. The van der Waals surface area contributed by atoms with Gasteiger partial charge >= 0.3 is 0 Å². The zero-order valence-corrected chi connectivity index (χ0v) is 10.9. The predicted molar refractivity (Wildman–Crippen MR) is 73.4 cm³/mol. The topological polar surface area (TPSA) is 92.5 Å². The summed E-state index contributed by atoms with van der Waals surface area (Å²) in [6, 6.07) is 1.96. The van der Waals surface area contributed by atoms with E-state index < -0.39 is 0 Å². The van der Waals surface area contributed by atoms with Crippen LogP contribution in [0.3, 0.4) is 0 Å². The number of fused-ring (bicyclic) bond motifs is 1. The average Bonchev–Trinajstić information content (AvgIpc) is 3.06. The van der Waals surface area contributed by atoms with E-state index in [1.807, 2.05) is 11.4 Å². The van der Waals surface area contributed by atoms with Crippen LogP contribution in [-0.2, 0) is 5.75 Å². The van der Waals surface area contributed by atoms with E-state index in [4.69, 9.17) is 5.84 Å². The Balaban J connectivity index is 1.87. The van der Waals surface area contributed by atoms with Crippen LogP contribution >= 0.6 is 23.1 Å². The summed E-state index contributed by atoms with van der Waals surface area (Å²) in [5, 5.41) is 3.78. The molecule has 0 aromatic carbocycles. The van der Waals surface area contributed by atoms with Crippen molar-refractivity contribution in [2.24, 2.45) is 5.84 Å². The number of nitrogens with one attached hydrogen (secondary N) is 2. The highest BCUT2D eigenvalue weighted by Crippen LogP contribution is 2.26. The number of H-pyrrole nitrogens is 1. The van der Waals surface area contributed by atoms with Gasteiger partial charge in [0, 0.05) is 12.4 Å². The molecule has 0 amide bonds. The van der Waals surface area contributed by atoms with Crippen molar-refractivity contribution in [3.63, 3.8) is 0 Å². The van der Waals surface area contributed by atoms with E-state index >= 15 is 0 Å². The highest BCUT2D eigenvalue weighted by Gasteiger charge is 2.08. The van der Waals surface area contributed by atoms with Crippen molar-refractivity contribution >= 4 is 39.1 Å². The third kappa shape index (κ3) is 2.17. The van der Waals surface area contributed by atoms with Crippen molar-refractivity contribution in [3.8, 4) is 0 Å². The van der Waals surface area contributed by atoms with E-state index in [-0.39, 0.29) is 0 Å². The lowest BCUT2D eigenvalue weighted by Gasteiger charge is -2.04. The van der Waals surface area contributed by atoms with Crippen molar-refractivity contribution in [3.05, 3.63) is 29.7 Å². The molecule has 0 unspecified atom stereocenters. The van der Waals surface area contributed by atoms with Crippen molar-refractivity contribution < 1.29 is 0 Å². The van der Waals surface area contributed by atoms with Gasteiger partial charge < -0.3 is 10.4 Å². The number of thiophene rings is 1. The Labute approximate surface area is 111 Å². The number of nitrogens with zero attached hydrogens (tertiary/aromatic N) is 3. The Bertz CT molecular complexity index is 647. The molecule has 8 heteroatoms. The van der Waals surface area contributed by atoms with Crippen LogP contribution in [0.25, 0.3) is 10.2 Å². The zero-order valence-electron chi connectivity index (χ0n) is 9.25. The smallest absolute Gasteiger partial charge is 0.165 e. The van der Waals surface area contributed by atoms with Gasteiger partial charge in [0.15, 0.2) is 11.0 Å². The molecule has 0 saturated carbocycles. The number of anilines is 1. The molecule has 6 nitrogen and oxygen atoms in total. The molecule has 0 saturated heterocycles.